The molecule has 1 heterocycles. The van der Waals surface area contributed by atoms with Crippen molar-refractivity contribution in [3.05, 3.63) is 41.5 Å². The molecule has 1 saturated heterocycles. The van der Waals surface area contributed by atoms with Gasteiger partial charge in [0.05, 0.1) is 11.3 Å². The maximum atomic E-state index is 14.2. The van der Waals surface area contributed by atoms with E-state index in [2.05, 4.69) is 11.4 Å². The van der Waals surface area contributed by atoms with Crippen LogP contribution in [0.3, 0.4) is 0 Å². The van der Waals surface area contributed by atoms with E-state index in [4.69, 9.17) is 0 Å². The van der Waals surface area contributed by atoms with Crippen LogP contribution >= 0.6 is 0 Å². The van der Waals surface area contributed by atoms with Gasteiger partial charge in [-0.2, -0.15) is 0 Å². The van der Waals surface area contributed by atoms with E-state index in [9.17, 15) is 27.2 Å². The van der Waals surface area contributed by atoms with E-state index >= 15 is 0 Å². The van der Waals surface area contributed by atoms with E-state index < -0.39 is 41.9 Å². The van der Waals surface area contributed by atoms with E-state index in [1.54, 1.807) is 0 Å². The number of benzene rings is 1. The molecule has 3 aliphatic rings. The predicted molar refractivity (Wildman–Crippen MR) is 93.9 cm³/mol. The predicted octanol–water partition coefficient (Wildman–Crippen LogP) is 3.99. The Morgan fingerprint density at radius 1 is 1.04 bits per heavy atom. The number of piperidine rings is 1. The third-order valence-corrected chi connectivity index (χ3v) is 5.94. The van der Waals surface area contributed by atoms with Gasteiger partial charge in [0.15, 0.2) is 0 Å². The highest BCUT2D eigenvalue weighted by atomic mass is 19.3. The third-order valence-electron chi connectivity index (χ3n) is 5.94. The van der Waals surface area contributed by atoms with Crippen molar-refractivity contribution in [2.75, 3.05) is 18.4 Å². The summed E-state index contributed by atoms with van der Waals surface area (Å²) in [5.74, 6) is -5.86. The van der Waals surface area contributed by atoms with Crippen molar-refractivity contribution in [3.63, 3.8) is 0 Å². The zero-order chi connectivity index (χ0) is 20.1. The second-order valence-corrected chi connectivity index (χ2v) is 7.84. The number of nitrogens with one attached hydrogen (secondary N) is 1. The maximum Gasteiger partial charge on any atom is 0.256 e. The first kappa shape index (κ1) is 19.0. The summed E-state index contributed by atoms with van der Waals surface area (Å²) in [7, 11) is 0. The molecule has 0 aromatic heterocycles. The molecule has 0 unspecified atom stereocenters. The van der Waals surface area contributed by atoms with Gasteiger partial charge in [-0.3, -0.25) is 9.59 Å². The standard InChI is InChI=1S/C20H20F4N2O2/c21-15-10-16(22)17(25-18(27)13-8-11-1-2-12(13)7-11)9-14(15)19(28)26-5-3-20(23,24)4-6-26/h1-2,9-13H,3-8H2,(H,25,27)/t11-,12+,13+/m1/s1. The number of allylic oxidation sites excluding steroid dienone is 2. The zero-order valence-electron chi connectivity index (χ0n) is 15.1. The molecule has 1 saturated carbocycles. The molecule has 1 aromatic carbocycles. The number of anilines is 1. The smallest absolute Gasteiger partial charge is 0.256 e. The molecule has 4 rings (SSSR count). The van der Waals surface area contributed by atoms with Crippen LogP contribution in [-0.4, -0.2) is 35.7 Å². The Balaban J connectivity index is 1.51. The van der Waals surface area contributed by atoms with Gasteiger partial charge in [-0.05, 0) is 30.7 Å². The molecule has 2 fully saturated rings. The fraction of sp³-hybridized carbons (Fsp3) is 0.500. The number of halogens is 4. The van der Waals surface area contributed by atoms with E-state index in [0.29, 0.717) is 18.4 Å². The number of carbonyl (C=O) groups is 2. The fourth-order valence-electron chi connectivity index (χ4n) is 4.32. The van der Waals surface area contributed by atoms with E-state index in [1.807, 2.05) is 6.08 Å². The van der Waals surface area contributed by atoms with Gasteiger partial charge >= 0.3 is 0 Å². The number of amides is 2. The molecule has 1 aliphatic heterocycles. The second kappa shape index (κ2) is 6.90. The van der Waals surface area contributed by atoms with Crippen LogP contribution < -0.4 is 5.32 Å². The molecule has 2 aliphatic carbocycles. The summed E-state index contributed by atoms with van der Waals surface area (Å²) >= 11 is 0. The minimum atomic E-state index is -2.84. The van der Waals surface area contributed by atoms with Gasteiger partial charge < -0.3 is 10.2 Å². The number of alkyl halides is 2. The first-order valence-electron chi connectivity index (χ1n) is 9.39. The van der Waals surface area contributed by atoms with Gasteiger partial charge in [0.25, 0.3) is 11.8 Å². The molecule has 28 heavy (non-hydrogen) atoms. The molecule has 2 bridgehead atoms. The van der Waals surface area contributed by atoms with Gasteiger partial charge in [-0.15, -0.1) is 0 Å². The SMILES string of the molecule is O=C(Nc1cc(C(=O)N2CCC(F)(F)CC2)c(F)cc1F)[C@H]1C[C@@H]2C=C[C@H]1C2. The third kappa shape index (κ3) is 3.52. The zero-order valence-corrected chi connectivity index (χ0v) is 15.1. The van der Waals surface area contributed by atoms with Crippen LogP contribution in [-0.2, 0) is 4.79 Å². The van der Waals surface area contributed by atoms with E-state index in [1.165, 1.54) is 0 Å². The number of likely N-dealkylation sites (tertiary alicyclic amines) is 1. The van der Waals surface area contributed by atoms with Crippen molar-refractivity contribution in [2.24, 2.45) is 17.8 Å². The molecule has 150 valence electrons. The van der Waals surface area contributed by atoms with Crippen molar-refractivity contribution in [2.45, 2.75) is 31.6 Å². The Morgan fingerprint density at radius 3 is 2.36 bits per heavy atom. The summed E-state index contributed by atoms with van der Waals surface area (Å²) < 4.78 is 54.9. The Hall–Kier alpha value is -2.38. The van der Waals surface area contributed by atoms with Crippen LogP contribution in [0.1, 0.15) is 36.0 Å². The largest absolute Gasteiger partial charge is 0.338 e. The number of hydrogen-bond acceptors (Lipinski definition) is 2. The van der Waals surface area contributed by atoms with Gasteiger partial charge in [-0.25, -0.2) is 17.6 Å². The normalized spacial score (nSPS) is 27.9. The minimum absolute atomic E-state index is 0.115. The Labute approximate surface area is 159 Å². The van der Waals surface area contributed by atoms with Crippen LogP contribution in [0.15, 0.2) is 24.3 Å². The van der Waals surface area contributed by atoms with Gasteiger partial charge in [0, 0.05) is 37.9 Å². The summed E-state index contributed by atoms with van der Waals surface area (Å²) in [4.78, 5) is 26.2. The van der Waals surface area contributed by atoms with Crippen molar-refractivity contribution >= 4 is 17.5 Å². The van der Waals surface area contributed by atoms with Crippen molar-refractivity contribution in [3.8, 4) is 0 Å². The number of fused-ring (bicyclic) bond motifs is 2. The van der Waals surface area contributed by atoms with Crippen molar-refractivity contribution in [1.82, 2.24) is 4.90 Å². The Bertz CT molecular complexity index is 845. The molecule has 0 spiro atoms. The monoisotopic (exact) mass is 396 g/mol. The summed E-state index contributed by atoms with van der Waals surface area (Å²) in [6.45, 7) is -0.413. The minimum Gasteiger partial charge on any atom is -0.338 e. The number of nitrogens with zero attached hydrogens (tertiary/aromatic N) is 1. The average molecular weight is 396 g/mol. The van der Waals surface area contributed by atoms with Crippen LogP contribution in [0.25, 0.3) is 0 Å². The highest BCUT2D eigenvalue weighted by Crippen LogP contribution is 2.44. The Morgan fingerprint density at radius 2 is 1.75 bits per heavy atom. The van der Waals surface area contributed by atoms with Gasteiger partial charge in [0.1, 0.15) is 11.6 Å². The van der Waals surface area contributed by atoms with E-state index in [-0.39, 0.29) is 36.5 Å². The lowest BCUT2D eigenvalue weighted by Crippen LogP contribution is -2.43. The molecular weight excluding hydrogens is 376 g/mol. The summed E-state index contributed by atoms with van der Waals surface area (Å²) in [5, 5.41) is 2.47. The van der Waals surface area contributed by atoms with Crippen LogP contribution in [0.4, 0.5) is 23.2 Å². The van der Waals surface area contributed by atoms with Gasteiger partial charge in [0.2, 0.25) is 5.91 Å². The first-order chi connectivity index (χ1) is 13.2. The summed E-state index contributed by atoms with van der Waals surface area (Å²) in [5.41, 5.74) is -0.710. The topological polar surface area (TPSA) is 49.4 Å². The molecule has 2 amide bonds. The summed E-state index contributed by atoms with van der Waals surface area (Å²) in [6, 6.07) is 1.50. The van der Waals surface area contributed by atoms with Gasteiger partial charge in [-0.1, -0.05) is 12.2 Å². The highest BCUT2D eigenvalue weighted by Gasteiger charge is 2.40. The molecule has 8 heteroatoms. The van der Waals surface area contributed by atoms with Crippen molar-refractivity contribution < 1.29 is 27.2 Å². The lowest BCUT2D eigenvalue weighted by molar-refractivity contribution is -0.120. The lowest BCUT2D eigenvalue weighted by Gasteiger charge is -2.32. The molecular formula is C20H20F4N2O2. The number of rotatable bonds is 3. The number of carbonyl (C=O) groups excluding carboxylic acids is 2. The lowest BCUT2D eigenvalue weighted by atomic mass is 9.92. The van der Waals surface area contributed by atoms with Crippen LogP contribution in [0.5, 0.6) is 0 Å². The molecule has 4 nitrogen and oxygen atoms in total. The van der Waals surface area contributed by atoms with E-state index in [0.717, 1.165) is 17.4 Å². The number of hydrogen-bond donors (Lipinski definition) is 1. The molecule has 3 atom stereocenters. The van der Waals surface area contributed by atoms with Crippen molar-refractivity contribution in [1.29, 1.82) is 0 Å². The second-order valence-electron chi connectivity index (χ2n) is 7.84. The molecule has 0 radical (unpaired) electrons. The first-order valence-corrected chi connectivity index (χ1v) is 9.39. The quantitative estimate of drug-likeness (QED) is 0.621. The van der Waals surface area contributed by atoms with Crippen LogP contribution in [0.2, 0.25) is 0 Å². The Kier molecular flexibility index (Phi) is 4.67. The molecule has 1 aromatic rings. The highest BCUT2D eigenvalue weighted by molar-refractivity contribution is 5.98. The average Bonchev–Trinajstić information content (AvgIpc) is 3.27. The summed E-state index contributed by atoms with van der Waals surface area (Å²) in [6.07, 6.45) is 4.65. The molecule has 1 N–H and O–H groups in total. The van der Waals surface area contributed by atoms with Crippen LogP contribution in [0, 0.1) is 29.4 Å². The fourth-order valence-corrected chi connectivity index (χ4v) is 4.32. The maximum absolute atomic E-state index is 14.2.